The van der Waals surface area contributed by atoms with Crippen molar-refractivity contribution in [1.82, 2.24) is 14.9 Å². The predicted octanol–water partition coefficient (Wildman–Crippen LogP) is 0.555. The summed E-state index contributed by atoms with van der Waals surface area (Å²) in [7, 11) is 0. The van der Waals surface area contributed by atoms with Gasteiger partial charge in [0.25, 0.3) is 0 Å². The van der Waals surface area contributed by atoms with Gasteiger partial charge in [0.2, 0.25) is 5.91 Å². The Morgan fingerprint density at radius 2 is 2.00 bits per heavy atom. The minimum Gasteiger partial charge on any atom is -0.480 e. The minimum absolute atomic E-state index is 0.223. The number of aliphatic carboxylic acids is 1. The Labute approximate surface area is 120 Å². The molecule has 0 bridgehead atoms. The number of imidazole rings is 1. The quantitative estimate of drug-likeness (QED) is 0.748. The number of nitrogens with one attached hydrogen (secondary N) is 2. The maximum absolute atomic E-state index is 12.0. The topological polar surface area (TPSA) is 104 Å². The molecule has 1 atom stereocenters. The van der Waals surface area contributed by atoms with Crippen LogP contribution >= 0.6 is 0 Å². The van der Waals surface area contributed by atoms with Gasteiger partial charge in [-0.1, -0.05) is 26.0 Å². The SMILES string of the molecule is CC(C)[C@H](NC(=O)Cn1c(=O)[nH]c2ccccc21)C(=O)O. The van der Waals surface area contributed by atoms with Crippen molar-refractivity contribution in [3.05, 3.63) is 34.7 Å². The third kappa shape index (κ3) is 3.13. The molecule has 2 aromatic rings. The molecule has 0 aliphatic heterocycles. The molecule has 112 valence electrons. The Bertz CT molecular complexity index is 729. The summed E-state index contributed by atoms with van der Waals surface area (Å²) in [5.74, 6) is -1.85. The van der Waals surface area contributed by atoms with Crippen molar-refractivity contribution in [1.29, 1.82) is 0 Å². The van der Waals surface area contributed by atoms with Crippen LogP contribution in [0.2, 0.25) is 0 Å². The van der Waals surface area contributed by atoms with E-state index in [9.17, 15) is 14.4 Å². The Morgan fingerprint density at radius 3 is 2.62 bits per heavy atom. The number of fused-ring (bicyclic) bond motifs is 1. The number of hydrogen-bond donors (Lipinski definition) is 3. The number of H-pyrrole nitrogens is 1. The molecule has 0 aliphatic carbocycles. The first-order valence-electron chi connectivity index (χ1n) is 6.60. The van der Waals surface area contributed by atoms with Gasteiger partial charge in [0, 0.05) is 0 Å². The molecule has 3 N–H and O–H groups in total. The first-order valence-corrected chi connectivity index (χ1v) is 6.60. The smallest absolute Gasteiger partial charge is 0.326 e. The van der Waals surface area contributed by atoms with Crippen molar-refractivity contribution < 1.29 is 14.7 Å². The fourth-order valence-corrected chi connectivity index (χ4v) is 2.14. The van der Waals surface area contributed by atoms with E-state index in [1.807, 2.05) is 0 Å². The van der Waals surface area contributed by atoms with Gasteiger partial charge >= 0.3 is 11.7 Å². The number of aromatic amines is 1. The van der Waals surface area contributed by atoms with Gasteiger partial charge in [0.1, 0.15) is 12.6 Å². The van der Waals surface area contributed by atoms with Crippen LogP contribution in [0.25, 0.3) is 11.0 Å². The second-order valence-corrected chi connectivity index (χ2v) is 5.16. The summed E-state index contributed by atoms with van der Waals surface area (Å²) in [6.45, 7) is 3.19. The first kappa shape index (κ1) is 14.8. The normalized spacial score (nSPS) is 12.5. The maximum Gasteiger partial charge on any atom is 0.326 e. The van der Waals surface area contributed by atoms with E-state index in [2.05, 4.69) is 10.3 Å². The minimum atomic E-state index is -1.09. The van der Waals surface area contributed by atoms with E-state index in [0.29, 0.717) is 11.0 Å². The van der Waals surface area contributed by atoms with Gasteiger partial charge in [-0.2, -0.15) is 0 Å². The molecule has 7 heteroatoms. The molecule has 1 heterocycles. The average molecular weight is 291 g/mol. The molecule has 7 nitrogen and oxygen atoms in total. The molecule has 0 spiro atoms. The monoisotopic (exact) mass is 291 g/mol. The number of carbonyl (C=O) groups is 2. The molecule has 0 fully saturated rings. The van der Waals surface area contributed by atoms with E-state index in [-0.39, 0.29) is 12.5 Å². The highest BCUT2D eigenvalue weighted by Crippen LogP contribution is 2.09. The zero-order valence-electron chi connectivity index (χ0n) is 11.8. The Hall–Kier alpha value is -2.57. The molecular weight excluding hydrogens is 274 g/mol. The number of nitrogens with zero attached hydrogens (tertiary/aromatic N) is 1. The summed E-state index contributed by atoms with van der Waals surface area (Å²) in [5, 5.41) is 11.5. The van der Waals surface area contributed by atoms with Crippen molar-refractivity contribution in [3.8, 4) is 0 Å². The summed E-state index contributed by atoms with van der Waals surface area (Å²) in [4.78, 5) is 37.5. The van der Waals surface area contributed by atoms with Crippen molar-refractivity contribution >= 4 is 22.9 Å². The van der Waals surface area contributed by atoms with E-state index < -0.39 is 23.6 Å². The van der Waals surface area contributed by atoms with E-state index in [1.165, 1.54) is 4.57 Å². The van der Waals surface area contributed by atoms with Gasteiger partial charge in [-0.05, 0) is 18.1 Å². The molecular formula is C14H17N3O4. The number of para-hydroxylation sites is 2. The van der Waals surface area contributed by atoms with E-state index in [1.54, 1.807) is 38.1 Å². The molecule has 0 aliphatic rings. The molecule has 2 rings (SSSR count). The molecule has 0 radical (unpaired) electrons. The fraction of sp³-hybridized carbons (Fsp3) is 0.357. The maximum atomic E-state index is 12.0. The number of carboxylic acid groups (broad SMARTS) is 1. The van der Waals surface area contributed by atoms with E-state index >= 15 is 0 Å². The van der Waals surface area contributed by atoms with E-state index in [0.717, 1.165) is 0 Å². The Morgan fingerprint density at radius 1 is 1.33 bits per heavy atom. The fourth-order valence-electron chi connectivity index (χ4n) is 2.14. The highest BCUT2D eigenvalue weighted by molar-refractivity contribution is 5.85. The van der Waals surface area contributed by atoms with Crippen LogP contribution in [-0.4, -0.2) is 32.6 Å². The van der Waals surface area contributed by atoms with Gasteiger partial charge in [0.15, 0.2) is 0 Å². The van der Waals surface area contributed by atoms with Crippen molar-refractivity contribution in [2.45, 2.75) is 26.4 Å². The zero-order chi connectivity index (χ0) is 15.6. The summed E-state index contributed by atoms with van der Waals surface area (Å²) in [5.41, 5.74) is 0.839. The van der Waals surface area contributed by atoms with Crippen LogP contribution in [0.5, 0.6) is 0 Å². The number of amides is 1. The van der Waals surface area contributed by atoms with Crippen LogP contribution in [0, 0.1) is 5.92 Å². The number of rotatable bonds is 5. The van der Waals surface area contributed by atoms with Gasteiger partial charge < -0.3 is 15.4 Å². The molecule has 0 unspecified atom stereocenters. The zero-order valence-corrected chi connectivity index (χ0v) is 11.8. The van der Waals surface area contributed by atoms with Crippen molar-refractivity contribution in [2.24, 2.45) is 5.92 Å². The third-order valence-electron chi connectivity index (χ3n) is 3.23. The largest absolute Gasteiger partial charge is 0.480 e. The molecule has 0 saturated carbocycles. The van der Waals surface area contributed by atoms with Gasteiger partial charge in [-0.3, -0.25) is 9.36 Å². The van der Waals surface area contributed by atoms with Gasteiger partial charge in [-0.15, -0.1) is 0 Å². The highest BCUT2D eigenvalue weighted by Gasteiger charge is 2.23. The average Bonchev–Trinajstić information content (AvgIpc) is 2.72. The second-order valence-electron chi connectivity index (χ2n) is 5.16. The summed E-state index contributed by atoms with van der Waals surface area (Å²) in [6.07, 6.45) is 0. The van der Waals surface area contributed by atoms with Crippen LogP contribution in [0.15, 0.2) is 29.1 Å². The first-order chi connectivity index (χ1) is 9.90. The summed E-state index contributed by atoms with van der Waals surface area (Å²) in [6, 6.07) is 6.02. The van der Waals surface area contributed by atoms with E-state index in [4.69, 9.17) is 5.11 Å². The number of carbonyl (C=O) groups excluding carboxylic acids is 1. The summed E-state index contributed by atoms with van der Waals surface area (Å²) >= 11 is 0. The molecule has 1 aromatic carbocycles. The Kier molecular flexibility index (Phi) is 4.11. The Balaban J connectivity index is 2.20. The lowest BCUT2D eigenvalue weighted by Crippen LogP contribution is -2.46. The second kappa shape index (κ2) is 5.82. The molecule has 1 aromatic heterocycles. The number of carboxylic acids is 1. The standard InChI is InChI=1S/C14H17N3O4/c1-8(2)12(13(19)20)16-11(18)7-17-10-6-4-3-5-9(10)15-14(17)21/h3-6,8,12H,7H2,1-2H3,(H,15,21)(H,16,18)(H,19,20)/t12-/m0/s1. The highest BCUT2D eigenvalue weighted by atomic mass is 16.4. The number of aromatic nitrogens is 2. The molecule has 0 saturated heterocycles. The van der Waals surface area contributed by atoms with Crippen LogP contribution < -0.4 is 11.0 Å². The molecule has 1 amide bonds. The predicted molar refractivity (Wildman–Crippen MR) is 77.0 cm³/mol. The number of hydrogen-bond acceptors (Lipinski definition) is 3. The third-order valence-corrected chi connectivity index (χ3v) is 3.23. The van der Waals surface area contributed by atoms with Crippen LogP contribution in [0.3, 0.4) is 0 Å². The lowest BCUT2D eigenvalue weighted by molar-refractivity contribution is -0.143. The van der Waals surface area contributed by atoms with Gasteiger partial charge in [-0.25, -0.2) is 9.59 Å². The lowest BCUT2D eigenvalue weighted by Gasteiger charge is -2.17. The van der Waals surface area contributed by atoms with Crippen LogP contribution in [-0.2, 0) is 16.1 Å². The lowest BCUT2D eigenvalue weighted by atomic mass is 10.1. The van der Waals surface area contributed by atoms with Crippen molar-refractivity contribution in [2.75, 3.05) is 0 Å². The van der Waals surface area contributed by atoms with Gasteiger partial charge in [0.05, 0.1) is 11.0 Å². The number of benzene rings is 1. The summed E-state index contributed by atoms with van der Waals surface area (Å²) < 4.78 is 1.28. The van der Waals surface area contributed by atoms with Crippen LogP contribution in [0.1, 0.15) is 13.8 Å². The van der Waals surface area contributed by atoms with Crippen molar-refractivity contribution in [3.63, 3.8) is 0 Å². The van der Waals surface area contributed by atoms with Crippen LogP contribution in [0.4, 0.5) is 0 Å². The molecule has 21 heavy (non-hydrogen) atoms.